The second kappa shape index (κ2) is 8.20. The number of anilines is 1. The molecule has 0 radical (unpaired) electrons. The van der Waals surface area contributed by atoms with Crippen LogP contribution in [0.15, 0.2) is 48.5 Å². The van der Waals surface area contributed by atoms with Gasteiger partial charge in [0.1, 0.15) is 6.04 Å². The predicted octanol–water partition coefficient (Wildman–Crippen LogP) is 5.35. The van der Waals surface area contributed by atoms with Gasteiger partial charge in [0.2, 0.25) is 17.7 Å². The van der Waals surface area contributed by atoms with E-state index in [0.29, 0.717) is 28.6 Å². The molecule has 0 spiro atoms. The number of halogens is 2. The van der Waals surface area contributed by atoms with Crippen LogP contribution in [0.25, 0.3) is 0 Å². The van der Waals surface area contributed by atoms with E-state index >= 15 is 0 Å². The summed E-state index contributed by atoms with van der Waals surface area (Å²) < 4.78 is 0. The highest BCUT2D eigenvalue weighted by atomic mass is 35.5. The molecule has 2 aromatic rings. The number of carbonyl (C=O) groups excluding carboxylic acids is 3. The lowest BCUT2D eigenvalue weighted by Gasteiger charge is -2.49. The Bertz CT molecular complexity index is 1090. The molecule has 2 bridgehead atoms. The van der Waals surface area contributed by atoms with E-state index in [4.69, 9.17) is 23.2 Å². The van der Waals surface area contributed by atoms with Crippen molar-refractivity contribution in [1.82, 2.24) is 4.90 Å². The highest BCUT2D eigenvalue weighted by Crippen LogP contribution is 2.60. The number of amides is 3. The molecule has 2 fully saturated rings. The average Bonchev–Trinajstić information content (AvgIpc) is 2.94. The fraction of sp³-hybridized carbons (Fsp3) is 0.400. The molecular formula is C25H26Cl2N2O3. The third-order valence-corrected chi connectivity index (χ3v) is 8.27. The molecule has 7 heteroatoms. The molecule has 3 amide bonds. The molecule has 3 unspecified atom stereocenters. The normalized spacial score (nSPS) is 25.0. The van der Waals surface area contributed by atoms with Crippen molar-refractivity contribution >= 4 is 46.6 Å². The van der Waals surface area contributed by atoms with Crippen LogP contribution in [0.3, 0.4) is 0 Å². The second-order valence-corrected chi connectivity index (χ2v) is 10.3. The van der Waals surface area contributed by atoms with Crippen LogP contribution < -0.4 is 5.32 Å². The molecule has 168 valence electrons. The van der Waals surface area contributed by atoms with Gasteiger partial charge in [-0.05, 0) is 42.0 Å². The van der Waals surface area contributed by atoms with E-state index < -0.39 is 22.8 Å². The molecule has 5 nitrogen and oxygen atoms in total. The van der Waals surface area contributed by atoms with Gasteiger partial charge in [-0.2, -0.15) is 0 Å². The summed E-state index contributed by atoms with van der Waals surface area (Å²) in [5.74, 6) is -1.26. The molecule has 1 N–H and O–H groups in total. The first-order chi connectivity index (χ1) is 15.1. The van der Waals surface area contributed by atoms with Gasteiger partial charge < -0.3 is 5.32 Å². The number of fused-ring (bicyclic) bond motifs is 2. The third-order valence-electron chi connectivity index (χ3n) is 7.53. The SMILES string of the molecule is CC12CCC(C(=O)N(C(Cc3ccccc3)C(=O)Nc3ccc(Cl)c(Cl)c3)C1=O)C2(C)C. The fourth-order valence-electron chi connectivity index (χ4n) is 5.08. The number of hydrogen-bond donors (Lipinski definition) is 1. The minimum Gasteiger partial charge on any atom is -0.324 e. The number of nitrogens with one attached hydrogen (secondary N) is 1. The summed E-state index contributed by atoms with van der Waals surface area (Å²) in [6.45, 7) is 5.89. The number of likely N-dealkylation sites (tertiary alicyclic amines) is 1. The molecule has 1 heterocycles. The largest absolute Gasteiger partial charge is 0.324 e. The Morgan fingerprint density at radius 1 is 1.09 bits per heavy atom. The van der Waals surface area contributed by atoms with Gasteiger partial charge in [0.05, 0.1) is 15.5 Å². The highest BCUT2D eigenvalue weighted by Gasteiger charge is 2.65. The van der Waals surface area contributed by atoms with Gasteiger partial charge in [-0.15, -0.1) is 0 Å². The van der Waals surface area contributed by atoms with Crippen LogP contribution in [0.4, 0.5) is 5.69 Å². The zero-order chi connectivity index (χ0) is 23.3. The topological polar surface area (TPSA) is 66.5 Å². The number of imide groups is 1. The Balaban J connectivity index is 1.71. The lowest BCUT2D eigenvalue weighted by molar-refractivity contribution is -0.172. The molecular weight excluding hydrogens is 447 g/mol. The maximum Gasteiger partial charge on any atom is 0.248 e. The van der Waals surface area contributed by atoms with Gasteiger partial charge >= 0.3 is 0 Å². The first-order valence-electron chi connectivity index (χ1n) is 10.7. The number of hydrogen-bond acceptors (Lipinski definition) is 3. The Labute approximate surface area is 198 Å². The number of carbonyl (C=O) groups is 3. The maximum absolute atomic E-state index is 13.7. The Morgan fingerprint density at radius 2 is 1.78 bits per heavy atom. The molecule has 1 saturated heterocycles. The lowest BCUT2D eigenvalue weighted by Crippen LogP contribution is -2.64. The van der Waals surface area contributed by atoms with Crippen LogP contribution in [-0.4, -0.2) is 28.7 Å². The first-order valence-corrected chi connectivity index (χ1v) is 11.5. The summed E-state index contributed by atoms with van der Waals surface area (Å²) >= 11 is 12.1. The first kappa shape index (κ1) is 22.8. The van der Waals surface area contributed by atoms with Crippen LogP contribution >= 0.6 is 23.2 Å². The van der Waals surface area contributed by atoms with Crippen molar-refractivity contribution in [3.8, 4) is 0 Å². The molecule has 3 atom stereocenters. The Morgan fingerprint density at radius 3 is 2.44 bits per heavy atom. The fourth-order valence-corrected chi connectivity index (χ4v) is 5.38. The summed E-state index contributed by atoms with van der Waals surface area (Å²) in [5, 5.41) is 3.50. The summed E-state index contributed by atoms with van der Waals surface area (Å²) in [6.07, 6.45) is 1.52. The van der Waals surface area contributed by atoms with Crippen molar-refractivity contribution in [3.05, 3.63) is 64.1 Å². The predicted molar refractivity (Wildman–Crippen MR) is 125 cm³/mol. The van der Waals surface area contributed by atoms with Crippen molar-refractivity contribution in [3.63, 3.8) is 0 Å². The van der Waals surface area contributed by atoms with Crippen molar-refractivity contribution < 1.29 is 14.4 Å². The quantitative estimate of drug-likeness (QED) is 0.595. The zero-order valence-corrected chi connectivity index (χ0v) is 19.8. The summed E-state index contributed by atoms with van der Waals surface area (Å²) in [6, 6.07) is 13.2. The molecule has 4 rings (SSSR count). The number of piperidine rings is 1. The molecule has 2 aromatic carbocycles. The van der Waals surface area contributed by atoms with Gasteiger partial charge in [0.15, 0.2) is 0 Å². The van der Waals surface area contributed by atoms with Crippen LogP contribution in [0.5, 0.6) is 0 Å². The molecule has 0 aromatic heterocycles. The van der Waals surface area contributed by atoms with Crippen molar-refractivity contribution in [1.29, 1.82) is 0 Å². The summed E-state index contributed by atoms with van der Waals surface area (Å²) in [7, 11) is 0. The number of benzene rings is 2. The summed E-state index contributed by atoms with van der Waals surface area (Å²) in [5.41, 5.74) is 0.179. The summed E-state index contributed by atoms with van der Waals surface area (Å²) in [4.78, 5) is 41.9. The minimum atomic E-state index is -0.970. The Kier molecular flexibility index (Phi) is 5.84. The minimum absolute atomic E-state index is 0.231. The maximum atomic E-state index is 13.7. The zero-order valence-electron chi connectivity index (χ0n) is 18.3. The van der Waals surface area contributed by atoms with E-state index in [9.17, 15) is 14.4 Å². The third kappa shape index (κ3) is 3.61. The standard InChI is InChI=1S/C25H26Cl2N2O3/c1-24(2)17-11-12-25(24,3)23(32)29(22(17)31)20(13-15-7-5-4-6-8-15)21(30)28-16-9-10-18(26)19(27)14-16/h4-10,14,17,20H,11-13H2,1-3H3,(H,28,30). The van der Waals surface area contributed by atoms with Crippen molar-refractivity contribution in [2.24, 2.45) is 16.7 Å². The lowest BCUT2D eigenvalue weighted by atomic mass is 9.62. The van der Waals surface area contributed by atoms with Crippen LogP contribution in [0, 0.1) is 16.7 Å². The van der Waals surface area contributed by atoms with Crippen molar-refractivity contribution in [2.75, 3.05) is 5.32 Å². The van der Waals surface area contributed by atoms with E-state index in [1.807, 2.05) is 51.1 Å². The smallest absolute Gasteiger partial charge is 0.248 e. The van der Waals surface area contributed by atoms with Crippen LogP contribution in [-0.2, 0) is 20.8 Å². The van der Waals surface area contributed by atoms with Crippen LogP contribution in [0.1, 0.15) is 39.2 Å². The molecule has 2 aliphatic rings. The van der Waals surface area contributed by atoms with Gasteiger partial charge in [-0.1, -0.05) is 74.3 Å². The Hall–Kier alpha value is -2.37. The van der Waals surface area contributed by atoms with Gasteiger partial charge in [0.25, 0.3) is 0 Å². The van der Waals surface area contributed by atoms with Gasteiger partial charge in [-0.3, -0.25) is 19.3 Å². The molecule has 32 heavy (non-hydrogen) atoms. The van der Waals surface area contributed by atoms with E-state index in [0.717, 1.165) is 5.56 Å². The number of rotatable bonds is 5. The van der Waals surface area contributed by atoms with Crippen molar-refractivity contribution in [2.45, 2.75) is 46.1 Å². The van der Waals surface area contributed by atoms with Gasteiger partial charge in [-0.25, -0.2) is 0 Å². The molecule has 1 aliphatic carbocycles. The van der Waals surface area contributed by atoms with Gasteiger partial charge in [0, 0.05) is 18.0 Å². The number of nitrogens with zero attached hydrogens (tertiary/aromatic N) is 1. The molecule has 1 saturated carbocycles. The molecule has 1 aliphatic heterocycles. The van der Waals surface area contributed by atoms with E-state index in [1.165, 1.54) is 4.90 Å². The second-order valence-electron chi connectivity index (χ2n) is 9.48. The highest BCUT2D eigenvalue weighted by molar-refractivity contribution is 6.42. The average molecular weight is 473 g/mol. The van der Waals surface area contributed by atoms with E-state index in [1.54, 1.807) is 18.2 Å². The monoisotopic (exact) mass is 472 g/mol. The van der Waals surface area contributed by atoms with Crippen LogP contribution in [0.2, 0.25) is 10.0 Å². The van der Waals surface area contributed by atoms with E-state index in [-0.39, 0.29) is 24.2 Å². The van der Waals surface area contributed by atoms with E-state index in [2.05, 4.69) is 5.32 Å².